The molecule has 3 rings (SSSR count). The molecule has 25 heavy (non-hydrogen) atoms. The largest absolute Gasteiger partial charge is 0.493 e. The molecule has 1 heterocycles. The van der Waals surface area contributed by atoms with Crippen molar-refractivity contribution < 1.29 is 13.9 Å². The molecule has 2 aromatic rings. The maximum absolute atomic E-state index is 13.9. The van der Waals surface area contributed by atoms with E-state index in [9.17, 15) is 4.39 Å². The Hall–Kier alpha value is -2.34. The lowest BCUT2D eigenvalue weighted by atomic mass is 10.1. The van der Waals surface area contributed by atoms with E-state index in [0.717, 1.165) is 36.7 Å². The topological polar surface area (TPSA) is 24.9 Å². The summed E-state index contributed by atoms with van der Waals surface area (Å²) >= 11 is 5.65. The molecule has 0 N–H and O–H groups in total. The number of para-hydroxylation sites is 1. The summed E-state index contributed by atoms with van der Waals surface area (Å²) in [6.07, 6.45) is 0. The zero-order chi connectivity index (χ0) is 17.8. The van der Waals surface area contributed by atoms with Crippen molar-refractivity contribution in [3.05, 3.63) is 53.8 Å². The fraction of sp³-hybridized carbons (Fsp3) is 0.316. The van der Waals surface area contributed by atoms with Gasteiger partial charge >= 0.3 is 0 Å². The smallest absolute Gasteiger partial charge is 0.161 e. The number of halogens is 1. The third-order valence-corrected chi connectivity index (χ3v) is 4.88. The van der Waals surface area contributed by atoms with E-state index in [1.54, 1.807) is 20.3 Å². The van der Waals surface area contributed by atoms with Crippen LogP contribution in [0.5, 0.6) is 11.5 Å². The number of hydrogen-bond donors (Lipinski definition) is 0. The molecule has 0 bridgehead atoms. The molecule has 132 valence electrons. The first-order valence-electron chi connectivity index (χ1n) is 8.15. The van der Waals surface area contributed by atoms with Crippen LogP contribution in [-0.2, 0) is 0 Å². The van der Waals surface area contributed by atoms with Crippen molar-refractivity contribution in [1.82, 2.24) is 4.90 Å². The molecule has 0 aliphatic carbocycles. The van der Waals surface area contributed by atoms with Gasteiger partial charge < -0.3 is 19.3 Å². The van der Waals surface area contributed by atoms with Gasteiger partial charge in [0.1, 0.15) is 10.8 Å². The van der Waals surface area contributed by atoms with Crippen LogP contribution in [0.1, 0.15) is 5.56 Å². The second-order valence-corrected chi connectivity index (χ2v) is 6.19. The Balaban J connectivity index is 1.69. The van der Waals surface area contributed by atoms with Crippen LogP contribution in [-0.4, -0.2) is 50.3 Å². The normalized spacial score (nSPS) is 14.4. The molecular weight excluding hydrogens is 339 g/mol. The molecule has 0 amide bonds. The van der Waals surface area contributed by atoms with Gasteiger partial charge in [-0.25, -0.2) is 4.39 Å². The van der Waals surface area contributed by atoms with Crippen molar-refractivity contribution in [2.24, 2.45) is 0 Å². The third kappa shape index (κ3) is 3.69. The first-order valence-corrected chi connectivity index (χ1v) is 8.55. The van der Waals surface area contributed by atoms with Crippen LogP contribution in [0.25, 0.3) is 0 Å². The number of ether oxygens (including phenoxy) is 2. The first-order chi connectivity index (χ1) is 12.1. The molecule has 0 saturated carbocycles. The number of anilines is 1. The maximum atomic E-state index is 13.9. The number of thiocarbonyl (C=S) groups is 1. The van der Waals surface area contributed by atoms with Crippen molar-refractivity contribution in [2.45, 2.75) is 0 Å². The van der Waals surface area contributed by atoms with Crippen molar-refractivity contribution in [3.8, 4) is 11.5 Å². The fourth-order valence-corrected chi connectivity index (χ4v) is 3.32. The average molecular weight is 360 g/mol. The summed E-state index contributed by atoms with van der Waals surface area (Å²) in [6, 6.07) is 12.6. The fourth-order valence-electron chi connectivity index (χ4n) is 3.01. The van der Waals surface area contributed by atoms with Gasteiger partial charge in [0.25, 0.3) is 0 Å². The Bertz CT molecular complexity index is 761. The van der Waals surface area contributed by atoms with E-state index in [1.807, 2.05) is 30.3 Å². The highest BCUT2D eigenvalue weighted by Crippen LogP contribution is 2.28. The number of nitrogens with zero attached hydrogens (tertiary/aromatic N) is 2. The maximum Gasteiger partial charge on any atom is 0.161 e. The van der Waals surface area contributed by atoms with E-state index in [4.69, 9.17) is 21.7 Å². The average Bonchev–Trinajstić information content (AvgIpc) is 2.67. The van der Waals surface area contributed by atoms with Gasteiger partial charge in [-0.15, -0.1) is 0 Å². The molecule has 4 nitrogen and oxygen atoms in total. The Morgan fingerprint density at radius 2 is 1.64 bits per heavy atom. The van der Waals surface area contributed by atoms with Crippen LogP contribution in [0.3, 0.4) is 0 Å². The highest BCUT2D eigenvalue weighted by molar-refractivity contribution is 7.80. The van der Waals surface area contributed by atoms with Gasteiger partial charge in [-0.2, -0.15) is 0 Å². The zero-order valence-electron chi connectivity index (χ0n) is 14.4. The minimum absolute atomic E-state index is 0.182. The molecule has 1 aliphatic rings. The van der Waals surface area contributed by atoms with E-state index in [0.29, 0.717) is 17.2 Å². The van der Waals surface area contributed by atoms with E-state index in [2.05, 4.69) is 9.80 Å². The van der Waals surface area contributed by atoms with Crippen LogP contribution in [0.2, 0.25) is 0 Å². The van der Waals surface area contributed by atoms with Gasteiger partial charge in [0.2, 0.25) is 0 Å². The molecule has 1 fully saturated rings. The lowest BCUT2D eigenvalue weighted by Crippen LogP contribution is -2.48. The molecule has 1 saturated heterocycles. The second kappa shape index (κ2) is 7.70. The van der Waals surface area contributed by atoms with Crippen LogP contribution >= 0.6 is 12.2 Å². The van der Waals surface area contributed by atoms with Crippen LogP contribution < -0.4 is 14.4 Å². The van der Waals surface area contributed by atoms with Crippen molar-refractivity contribution in [1.29, 1.82) is 0 Å². The number of methoxy groups -OCH3 is 2. The van der Waals surface area contributed by atoms with E-state index >= 15 is 0 Å². The first kappa shape index (κ1) is 17.5. The monoisotopic (exact) mass is 360 g/mol. The summed E-state index contributed by atoms with van der Waals surface area (Å²) < 4.78 is 24.6. The Morgan fingerprint density at radius 1 is 0.960 bits per heavy atom. The summed E-state index contributed by atoms with van der Waals surface area (Å²) in [4.78, 5) is 4.98. The SMILES string of the molecule is COc1ccc(C(=S)N2CCN(c3ccccc3F)CC2)cc1OC. The number of hydrogen-bond acceptors (Lipinski definition) is 4. The standard InChI is InChI=1S/C19H21FN2O2S/c1-23-17-8-7-14(13-18(17)24-2)19(25)22-11-9-21(10-12-22)16-6-4-3-5-15(16)20/h3-8,13H,9-12H2,1-2H3. The van der Waals surface area contributed by atoms with Crippen molar-refractivity contribution in [3.63, 3.8) is 0 Å². The van der Waals surface area contributed by atoms with E-state index < -0.39 is 0 Å². The van der Waals surface area contributed by atoms with Gasteiger partial charge in [0.05, 0.1) is 19.9 Å². The Morgan fingerprint density at radius 3 is 2.28 bits per heavy atom. The summed E-state index contributed by atoms with van der Waals surface area (Å²) in [5.74, 6) is 1.16. The summed E-state index contributed by atoms with van der Waals surface area (Å²) in [6.45, 7) is 2.96. The number of piperazine rings is 1. The Labute approximate surface area is 152 Å². The molecule has 0 radical (unpaired) electrons. The number of benzene rings is 2. The molecule has 0 spiro atoms. The minimum atomic E-state index is -0.182. The highest BCUT2D eigenvalue weighted by Gasteiger charge is 2.22. The second-order valence-electron chi connectivity index (χ2n) is 5.80. The minimum Gasteiger partial charge on any atom is -0.493 e. The van der Waals surface area contributed by atoms with Crippen LogP contribution in [0, 0.1) is 5.82 Å². The highest BCUT2D eigenvalue weighted by atomic mass is 32.1. The Kier molecular flexibility index (Phi) is 5.38. The predicted octanol–water partition coefficient (Wildman–Crippen LogP) is 3.34. The van der Waals surface area contributed by atoms with Gasteiger partial charge in [-0.1, -0.05) is 24.4 Å². The number of rotatable bonds is 4. The molecule has 0 aromatic heterocycles. The summed E-state index contributed by atoms with van der Waals surface area (Å²) in [5, 5.41) is 0. The van der Waals surface area contributed by atoms with Gasteiger partial charge in [0.15, 0.2) is 11.5 Å². The molecule has 2 aromatic carbocycles. The van der Waals surface area contributed by atoms with Crippen LogP contribution in [0.4, 0.5) is 10.1 Å². The molecule has 1 aliphatic heterocycles. The van der Waals surface area contributed by atoms with Crippen molar-refractivity contribution in [2.75, 3.05) is 45.3 Å². The van der Waals surface area contributed by atoms with Crippen molar-refractivity contribution >= 4 is 22.9 Å². The molecule has 6 heteroatoms. The van der Waals surface area contributed by atoms with E-state index in [-0.39, 0.29) is 5.82 Å². The lowest BCUT2D eigenvalue weighted by Gasteiger charge is -2.37. The van der Waals surface area contributed by atoms with Gasteiger partial charge in [-0.3, -0.25) is 0 Å². The van der Waals surface area contributed by atoms with Gasteiger partial charge in [0, 0.05) is 31.7 Å². The quantitative estimate of drug-likeness (QED) is 0.779. The van der Waals surface area contributed by atoms with Crippen LogP contribution in [0.15, 0.2) is 42.5 Å². The molecule has 0 unspecified atom stereocenters. The zero-order valence-corrected chi connectivity index (χ0v) is 15.2. The lowest BCUT2D eigenvalue weighted by molar-refractivity contribution is 0.354. The predicted molar refractivity (Wildman–Crippen MR) is 101 cm³/mol. The third-order valence-electron chi connectivity index (χ3n) is 4.39. The molecule has 0 atom stereocenters. The van der Waals surface area contributed by atoms with Gasteiger partial charge in [-0.05, 0) is 30.3 Å². The van der Waals surface area contributed by atoms with E-state index in [1.165, 1.54) is 6.07 Å². The molecular formula is C19H21FN2O2S. The summed E-state index contributed by atoms with van der Waals surface area (Å²) in [7, 11) is 3.22. The summed E-state index contributed by atoms with van der Waals surface area (Å²) in [5.41, 5.74) is 1.58.